The third-order valence-corrected chi connectivity index (χ3v) is 9.96. The van der Waals surface area contributed by atoms with Crippen molar-refractivity contribution in [2.45, 2.75) is 51.4 Å². The van der Waals surface area contributed by atoms with Crippen molar-refractivity contribution in [1.82, 2.24) is 0 Å². The fraction of sp³-hybridized carbons (Fsp3) is 0.264. The molecule has 18 heteroatoms. The average molecular weight is 972 g/mol. The van der Waals surface area contributed by atoms with E-state index in [2.05, 4.69) is 23.4 Å². The van der Waals surface area contributed by atoms with Gasteiger partial charge in [0.15, 0.2) is 0 Å². The molecule has 0 N–H and O–H groups in total. The van der Waals surface area contributed by atoms with E-state index in [4.69, 9.17) is 37.9 Å². The molecule has 0 aliphatic carbocycles. The van der Waals surface area contributed by atoms with Gasteiger partial charge in [-0.15, -0.1) is 0 Å². The van der Waals surface area contributed by atoms with Crippen molar-refractivity contribution in [3.63, 3.8) is 0 Å². The molecule has 0 aromatic heterocycles. The van der Waals surface area contributed by atoms with Crippen LogP contribution in [0.25, 0.3) is 0 Å². The molecule has 0 amide bonds. The smallest absolute Gasteiger partial charge is 0.344 e. The largest absolute Gasteiger partial charge is 0.494 e. The van der Waals surface area contributed by atoms with E-state index in [9.17, 15) is 34.1 Å². The van der Waals surface area contributed by atoms with E-state index >= 15 is 0 Å². The summed E-state index contributed by atoms with van der Waals surface area (Å²) in [5.74, 6) is -1.60. The first-order chi connectivity index (χ1) is 34.5. The number of benzene rings is 5. The van der Waals surface area contributed by atoms with Crippen molar-refractivity contribution >= 4 is 46.9 Å². The first kappa shape index (κ1) is 53.3. The predicted molar refractivity (Wildman–Crippen MR) is 259 cm³/mol. The Bertz CT molecular complexity index is 2600. The van der Waals surface area contributed by atoms with Crippen LogP contribution in [0.3, 0.4) is 0 Å². The minimum Gasteiger partial charge on any atom is -0.494 e. The summed E-state index contributed by atoms with van der Waals surface area (Å²) in [6, 6.07) is 28.8. The van der Waals surface area contributed by atoms with Crippen LogP contribution in [0, 0.1) is 10.1 Å². The molecule has 0 spiro atoms. The van der Waals surface area contributed by atoms with E-state index < -0.39 is 34.8 Å². The number of azo groups is 1. The van der Waals surface area contributed by atoms with Gasteiger partial charge in [0.1, 0.15) is 42.0 Å². The van der Waals surface area contributed by atoms with Crippen molar-refractivity contribution in [3.8, 4) is 28.7 Å². The molecule has 0 aliphatic heterocycles. The van der Waals surface area contributed by atoms with Gasteiger partial charge in [-0.1, -0.05) is 13.2 Å². The molecule has 5 aromatic rings. The lowest BCUT2D eigenvalue weighted by atomic mass is 10.0. The molecule has 0 atom stereocenters. The minimum absolute atomic E-state index is 0.0483. The second-order valence-corrected chi connectivity index (χ2v) is 15.2. The molecule has 0 radical (unpaired) electrons. The number of carbonyl (C=O) groups is 5. The lowest BCUT2D eigenvalue weighted by Gasteiger charge is -2.13. The molecule has 0 unspecified atom stereocenters. The van der Waals surface area contributed by atoms with Gasteiger partial charge in [0, 0.05) is 24.3 Å². The normalized spacial score (nSPS) is 10.6. The lowest BCUT2D eigenvalue weighted by Crippen LogP contribution is -2.19. The SMILES string of the molecule is C=CC(=O)OCCCCCCOc1ccc(OC(=O)c2ccc(C(=O)Oc3ccc(OCCCCCCOC(=O)C=C)cc3)c(C(=O)OCCOc3ccc(N=Nc4ccc([N+](=O)[O-])cc4)cc3)c2)cc1. The number of hydrogen-bond donors (Lipinski definition) is 0. The Kier molecular flexibility index (Phi) is 22.0. The third kappa shape index (κ3) is 19.1. The third-order valence-electron chi connectivity index (χ3n) is 9.96. The summed E-state index contributed by atoms with van der Waals surface area (Å²) >= 11 is 0. The van der Waals surface area contributed by atoms with Crippen molar-refractivity contribution in [1.29, 1.82) is 0 Å². The molecule has 71 heavy (non-hydrogen) atoms. The summed E-state index contributed by atoms with van der Waals surface area (Å²) in [7, 11) is 0. The molecule has 370 valence electrons. The number of hydrogen-bond acceptors (Lipinski definition) is 17. The Hall–Kier alpha value is -8.67. The van der Waals surface area contributed by atoms with Crippen molar-refractivity contribution in [2.24, 2.45) is 10.2 Å². The predicted octanol–water partition coefficient (Wildman–Crippen LogP) is 11.0. The molecule has 5 aromatic carbocycles. The molecule has 0 bridgehead atoms. The van der Waals surface area contributed by atoms with Crippen LogP contribution in [0.2, 0.25) is 0 Å². The molecule has 0 saturated carbocycles. The van der Waals surface area contributed by atoms with E-state index in [1.54, 1.807) is 72.8 Å². The Morgan fingerprint density at radius 1 is 0.451 bits per heavy atom. The molecule has 0 fully saturated rings. The van der Waals surface area contributed by atoms with Crippen LogP contribution in [0.1, 0.15) is 82.4 Å². The lowest BCUT2D eigenvalue weighted by molar-refractivity contribution is -0.384. The zero-order chi connectivity index (χ0) is 50.6. The van der Waals surface area contributed by atoms with Gasteiger partial charge in [0.05, 0.1) is 59.4 Å². The average Bonchev–Trinajstić information content (AvgIpc) is 3.39. The summed E-state index contributed by atoms with van der Waals surface area (Å²) in [5.41, 5.74) is 0.374. The maximum Gasteiger partial charge on any atom is 0.344 e. The zero-order valence-electron chi connectivity index (χ0n) is 38.9. The first-order valence-electron chi connectivity index (χ1n) is 22.7. The number of unbranched alkanes of at least 4 members (excludes halogenated alkanes) is 6. The number of rotatable bonds is 30. The fourth-order valence-corrected chi connectivity index (χ4v) is 6.25. The molecule has 5 rings (SSSR count). The number of nitro groups is 1. The first-order valence-corrected chi connectivity index (χ1v) is 22.7. The molecule has 18 nitrogen and oxygen atoms in total. The number of esters is 5. The van der Waals surface area contributed by atoms with Crippen LogP contribution < -0.4 is 23.7 Å². The van der Waals surface area contributed by atoms with Gasteiger partial charge in [-0.25, -0.2) is 24.0 Å². The monoisotopic (exact) mass is 971 g/mol. The highest BCUT2D eigenvalue weighted by Gasteiger charge is 2.23. The van der Waals surface area contributed by atoms with Gasteiger partial charge >= 0.3 is 29.8 Å². The van der Waals surface area contributed by atoms with Gasteiger partial charge in [-0.05, 0) is 154 Å². The number of nitro benzene ring substituents is 1. The Morgan fingerprint density at radius 3 is 1.35 bits per heavy atom. The van der Waals surface area contributed by atoms with Gasteiger partial charge in [0.25, 0.3) is 5.69 Å². The summed E-state index contributed by atoms with van der Waals surface area (Å²) in [5, 5.41) is 19.1. The molecule has 0 saturated heterocycles. The van der Waals surface area contributed by atoms with Crippen molar-refractivity contribution in [2.75, 3.05) is 39.6 Å². The summed E-state index contributed by atoms with van der Waals surface area (Å²) in [6.45, 7) is 8.00. The summed E-state index contributed by atoms with van der Waals surface area (Å²) in [6.07, 6.45) is 8.79. The van der Waals surface area contributed by atoms with Gasteiger partial charge < -0.3 is 37.9 Å². The topological polar surface area (TPSA) is 227 Å². The minimum atomic E-state index is -0.934. The van der Waals surface area contributed by atoms with Crippen molar-refractivity contribution < 1.29 is 66.8 Å². The van der Waals surface area contributed by atoms with Crippen LogP contribution in [0.5, 0.6) is 28.7 Å². The van der Waals surface area contributed by atoms with E-state index in [1.165, 1.54) is 42.5 Å². The number of carbonyl (C=O) groups excluding carboxylic acids is 5. The second kappa shape index (κ2) is 29.3. The van der Waals surface area contributed by atoms with Gasteiger partial charge in [0.2, 0.25) is 0 Å². The Labute approximate surface area is 409 Å². The molecule has 0 aliphatic rings. The fourth-order valence-electron chi connectivity index (χ4n) is 6.25. The van der Waals surface area contributed by atoms with E-state index in [0.29, 0.717) is 55.1 Å². The zero-order valence-corrected chi connectivity index (χ0v) is 38.9. The second-order valence-electron chi connectivity index (χ2n) is 15.2. The Balaban J connectivity index is 1.16. The summed E-state index contributed by atoms with van der Waals surface area (Å²) < 4.78 is 44.0. The highest BCUT2D eigenvalue weighted by atomic mass is 16.6. The highest BCUT2D eigenvalue weighted by Crippen LogP contribution is 2.25. The van der Waals surface area contributed by atoms with Crippen LogP contribution in [-0.2, 0) is 23.8 Å². The van der Waals surface area contributed by atoms with E-state index in [1.807, 2.05) is 0 Å². The highest BCUT2D eigenvalue weighted by molar-refractivity contribution is 6.06. The van der Waals surface area contributed by atoms with Gasteiger partial charge in [-0.2, -0.15) is 10.2 Å². The van der Waals surface area contributed by atoms with Crippen LogP contribution in [0.4, 0.5) is 17.1 Å². The quantitative estimate of drug-likeness (QED) is 0.00609. The maximum absolute atomic E-state index is 13.6. The summed E-state index contributed by atoms with van der Waals surface area (Å²) in [4.78, 5) is 73.3. The number of ether oxygens (including phenoxy) is 8. The molecule has 0 heterocycles. The number of nitrogens with zero attached hydrogens (tertiary/aromatic N) is 3. The Morgan fingerprint density at radius 2 is 0.873 bits per heavy atom. The van der Waals surface area contributed by atoms with Crippen LogP contribution in [0.15, 0.2) is 151 Å². The van der Waals surface area contributed by atoms with Crippen LogP contribution in [-0.4, -0.2) is 74.4 Å². The van der Waals surface area contributed by atoms with E-state index in [-0.39, 0.29) is 47.1 Å². The molecular formula is C53H53N3O15. The number of non-ortho nitro benzene ring substituents is 1. The van der Waals surface area contributed by atoms with Crippen molar-refractivity contribution in [3.05, 3.63) is 167 Å². The maximum atomic E-state index is 13.6. The van der Waals surface area contributed by atoms with E-state index in [0.717, 1.165) is 63.5 Å². The standard InChI is InChI=1S/C53H53N3O15/c1-3-49(57)67-33-11-7-5-9-31-64-43-22-26-45(27-23-43)70-51(59)38-13-30-47(53(61)71-46-28-24-44(25-29-46)65-32-10-6-8-12-34-68-50(58)4-2)48(37-38)52(60)69-36-35-66-42-20-16-40(17-21-42)55-54-39-14-18-41(19-15-39)56(62)63/h3-4,13-30,37H,1-2,5-12,31-36H2. The van der Waals surface area contributed by atoms with Gasteiger partial charge in [-0.3, -0.25) is 10.1 Å². The molecular weight excluding hydrogens is 919 g/mol. The van der Waals surface area contributed by atoms with Crippen LogP contribution >= 0.6 is 0 Å².